The largest absolute Gasteiger partial charge is 0.368 e. The zero-order chi connectivity index (χ0) is 11.4. The normalized spacial score (nSPS) is 10.1. The lowest BCUT2D eigenvalue weighted by molar-refractivity contribution is 0.625. The molecule has 0 radical (unpaired) electrons. The molecule has 1 aromatic rings. The van der Waals surface area contributed by atoms with E-state index in [1.54, 1.807) is 6.07 Å². The first kappa shape index (κ1) is 11.5. The summed E-state index contributed by atoms with van der Waals surface area (Å²) in [6.45, 7) is 6.92. The molecule has 0 bridgehead atoms. The van der Waals surface area contributed by atoms with Crippen LogP contribution in [0, 0.1) is 17.1 Å². The zero-order valence-electron chi connectivity index (χ0n) is 9.29. The van der Waals surface area contributed by atoms with Crippen molar-refractivity contribution in [2.75, 3.05) is 11.4 Å². The third kappa shape index (κ3) is 2.47. The molecular weight excluding hydrogens is 191 g/mol. The molecule has 0 saturated heterocycles. The molecule has 0 saturated carbocycles. The molecule has 0 aliphatic heterocycles. The van der Waals surface area contributed by atoms with Crippen molar-refractivity contribution in [2.24, 2.45) is 0 Å². The Hall–Kier alpha value is -1.56. The number of nitriles is 1. The first-order valence-corrected chi connectivity index (χ1v) is 5.06. The molecule has 0 heterocycles. The zero-order valence-corrected chi connectivity index (χ0v) is 9.29. The number of hydrogen-bond donors (Lipinski definition) is 0. The molecule has 1 aromatic carbocycles. The van der Waals surface area contributed by atoms with Crippen molar-refractivity contribution in [3.63, 3.8) is 0 Å². The van der Waals surface area contributed by atoms with Crippen LogP contribution in [-0.2, 0) is 0 Å². The summed E-state index contributed by atoms with van der Waals surface area (Å²) in [5.41, 5.74) is 1.20. The average molecular weight is 206 g/mol. The van der Waals surface area contributed by atoms with Crippen molar-refractivity contribution in [3.05, 3.63) is 29.6 Å². The molecule has 0 atom stereocenters. The molecule has 0 N–H and O–H groups in total. The number of halogens is 1. The lowest BCUT2D eigenvalue weighted by Crippen LogP contribution is -2.30. The molecule has 0 fully saturated rings. The van der Waals surface area contributed by atoms with E-state index in [2.05, 4.69) is 4.90 Å². The van der Waals surface area contributed by atoms with E-state index in [1.165, 1.54) is 12.1 Å². The van der Waals surface area contributed by atoms with Crippen LogP contribution in [0.1, 0.15) is 26.3 Å². The molecule has 15 heavy (non-hydrogen) atoms. The van der Waals surface area contributed by atoms with E-state index in [1.807, 2.05) is 26.8 Å². The number of hydrogen-bond acceptors (Lipinski definition) is 2. The molecule has 0 aromatic heterocycles. The highest BCUT2D eigenvalue weighted by molar-refractivity contribution is 5.59. The van der Waals surface area contributed by atoms with Crippen LogP contribution in [0.15, 0.2) is 18.2 Å². The summed E-state index contributed by atoms with van der Waals surface area (Å²) >= 11 is 0. The Morgan fingerprint density at radius 2 is 2.13 bits per heavy atom. The van der Waals surface area contributed by atoms with Crippen LogP contribution in [0.25, 0.3) is 0 Å². The van der Waals surface area contributed by atoms with E-state index in [-0.39, 0.29) is 5.82 Å². The Bertz CT molecular complexity index is 380. The van der Waals surface area contributed by atoms with Gasteiger partial charge in [0.15, 0.2) is 0 Å². The van der Waals surface area contributed by atoms with E-state index in [9.17, 15) is 4.39 Å². The molecule has 1 rings (SSSR count). The Labute approximate surface area is 89.9 Å². The predicted molar refractivity (Wildman–Crippen MR) is 59.3 cm³/mol. The molecule has 0 aliphatic carbocycles. The summed E-state index contributed by atoms with van der Waals surface area (Å²) in [5.74, 6) is -0.366. The van der Waals surface area contributed by atoms with Gasteiger partial charge in [0, 0.05) is 12.6 Å². The maximum atomic E-state index is 12.9. The summed E-state index contributed by atoms with van der Waals surface area (Å²) in [7, 11) is 0. The van der Waals surface area contributed by atoms with E-state index in [0.29, 0.717) is 11.6 Å². The maximum absolute atomic E-state index is 12.9. The fourth-order valence-electron chi connectivity index (χ4n) is 1.66. The third-order valence-electron chi connectivity index (χ3n) is 2.35. The van der Waals surface area contributed by atoms with Crippen LogP contribution in [0.2, 0.25) is 0 Å². The van der Waals surface area contributed by atoms with Gasteiger partial charge in [-0.3, -0.25) is 0 Å². The van der Waals surface area contributed by atoms with Crippen molar-refractivity contribution in [1.29, 1.82) is 5.26 Å². The van der Waals surface area contributed by atoms with Gasteiger partial charge < -0.3 is 4.90 Å². The smallest absolute Gasteiger partial charge is 0.124 e. The van der Waals surface area contributed by atoms with Gasteiger partial charge in [-0.15, -0.1) is 0 Å². The van der Waals surface area contributed by atoms with Gasteiger partial charge in [-0.05, 0) is 39.0 Å². The standard InChI is InChI=1S/C12H15FN2/c1-4-15(9(2)3)12-6-5-11(13)7-10(12)8-14/h5-7,9H,4H2,1-3H3. The first-order chi connectivity index (χ1) is 7.10. The van der Waals surface area contributed by atoms with Crippen molar-refractivity contribution >= 4 is 5.69 Å². The molecule has 80 valence electrons. The predicted octanol–water partition coefficient (Wildman–Crippen LogP) is 2.93. The van der Waals surface area contributed by atoms with Gasteiger partial charge in [0.1, 0.15) is 11.9 Å². The Morgan fingerprint density at radius 1 is 1.47 bits per heavy atom. The summed E-state index contributed by atoms with van der Waals surface area (Å²) in [5, 5.41) is 8.93. The van der Waals surface area contributed by atoms with Gasteiger partial charge in [-0.1, -0.05) is 0 Å². The van der Waals surface area contributed by atoms with Crippen molar-refractivity contribution in [2.45, 2.75) is 26.8 Å². The average Bonchev–Trinajstić information content (AvgIpc) is 2.20. The summed E-state index contributed by atoms with van der Waals surface area (Å²) < 4.78 is 12.9. The lowest BCUT2D eigenvalue weighted by atomic mass is 10.1. The van der Waals surface area contributed by atoms with Crippen LogP contribution >= 0.6 is 0 Å². The van der Waals surface area contributed by atoms with Gasteiger partial charge in [-0.25, -0.2) is 4.39 Å². The second-order valence-corrected chi connectivity index (χ2v) is 3.65. The molecule has 0 amide bonds. The van der Waals surface area contributed by atoms with E-state index >= 15 is 0 Å². The Kier molecular flexibility index (Phi) is 3.68. The maximum Gasteiger partial charge on any atom is 0.124 e. The molecule has 2 nitrogen and oxygen atoms in total. The minimum atomic E-state index is -0.366. The quantitative estimate of drug-likeness (QED) is 0.760. The lowest BCUT2D eigenvalue weighted by Gasteiger charge is -2.28. The van der Waals surface area contributed by atoms with Crippen LogP contribution in [0.3, 0.4) is 0 Å². The topological polar surface area (TPSA) is 27.0 Å². The number of rotatable bonds is 3. The van der Waals surface area contributed by atoms with Crippen LogP contribution < -0.4 is 4.90 Å². The minimum Gasteiger partial charge on any atom is -0.368 e. The second-order valence-electron chi connectivity index (χ2n) is 3.65. The fraction of sp³-hybridized carbons (Fsp3) is 0.417. The second kappa shape index (κ2) is 4.79. The molecule has 0 aliphatic rings. The van der Waals surface area contributed by atoms with Crippen molar-refractivity contribution in [3.8, 4) is 6.07 Å². The molecule has 0 unspecified atom stereocenters. The SMILES string of the molecule is CCN(c1ccc(F)cc1C#N)C(C)C. The van der Waals surface area contributed by atoms with Gasteiger partial charge in [-0.2, -0.15) is 5.26 Å². The van der Waals surface area contributed by atoms with Crippen molar-refractivity contribution in [1.82, 2.24) is 0 Å². The highest BCUT2D eigenvalue weighted by atomic mass is 19.1. The highest BCUT2D eigenvalue weighted by Gasteiger charge is 2.13. The van der Waals surface area contributed by atoms with Gasteiger partial charge in [0.25, 0.3) is 0 Å². The summed E-state index contributed by atoms with van der Waals surface area (Å²) in [6, 6.07) is 6.66. The summed E-state index contributed by atoms with van der Waals surface area (Å²) in [6.07, 6.45) is 0. The highest BCUT2D eigenvalue weighted by Crippen LogP contribution is 2.22. The molecule has 0 spiro atoms. The van der Waals surface area contributed by atoms with Crippen LogP contribution in [-0.4, -0.2) is 12.6 Å². The van der Waals surface area contributed by atoms with Gasteiger partial charge in [0.2, 0.25) is 0 Å². The Balaban J connectivity index is 3.18. The van der Waals surface area contributed by atoms with Gasteiger partial charge >= 0.3 is 0 Å². The van der Waals surface area contributed by atoms with E-state index in [4.69, 9.17) is 5.26 Å². The number of anilines is 1. The minimum absolute atomic E-state index is 0.299. The van der Waals surface area contributed by atoms with E-state index < -0.39 is 0 Å². The fourth-order valence-corrected chi connectivity index (χ4v) is 1.66. The Morgan fingerprint density at radius 3 is 2.60 bits per heavy atom. The number of benzene rings is 1. The van der Waals surface area contributed by atoms with E-state index in [0.717, 1.165) is 12.2 Å². The van der Waals surface area contributed by atoms with Crippen LogP contribution in [0.4, 0.5) is 10.1 Å². The molecular formula is C12H15FN2. The van der Waals surface area contributed by atoms with Gasteiger partial charge in [0.05, 0.1) is 11.3 Å². The van der Waals surface area contributed by atoms with Crippen LogP contribution in [0.5, 0.6) is 0 Å². The van der Waals surface area contributed by atoms with Crippen molar-refractivity contribution < 1.29 is 4.39 Å². The molecule has 3 heteroatoms. The number of nitrogens with zero attached hydrogens (tertiary/aromatic N) is 2. The third-order valence-corrected chi connectivity index (χ3v) is 2.35. The monoisotopic (exact) mass is 206 g/mol. The summed E-state index contributed by atoms with van der Waals surface area (Å²) in [4.78, 5) is 2.07. The first-order valence-electron chi connectivity index (χ1n) is 5.06.